The minimum absolute atomic E-state index is 0.171. The lowest BCUT2D eigenvalue weighted by molar-refractivity contribution is 0.593. The summed E-state index contributed by atoms with van der Waals surface area (Å²) < 4.78 is 14.2. The Kier molecular flexibility index (Phi) is 2.99. The van der Waals surface area contributed by atoms with Gasteiger partial charge in [0, 0.05) is 25.2 Å². The van der Waals surface area contributed by atoms with Crippen molar-refractivity contribution in [2.24, 2.45) is 0 Å². The number of anilines is 2. The monoisotopic (exact) mass is 298 g/mol. The smallest absolute Gasteiger partial charge is 0.139 e. The highest BCUT2D eigenvalue weighted by molar-refractivity contribution is 9.10. The van der Waals surface area contributed by atoms with E-state index < -0.39 is 0 Å². The molecular formula is C13H16BrFN2. The van der Waals surface area contributed by atoms with E-state index in [0.29, 0.717) is 10.5 Å². The summed E-state index contributed by atoms with van der Waals surface area (Å²) in [5.74, 6) is -0.171. The largest absolute Gasteiger partial charge is 0.382 e. The number of hydrogen-bond donors (Lipinski definition) is 1. The molecule has 0 bridgehead atoms. The van der Waals surface area contributed by atoms with Crippen LogP contribution in [0.5, 0.6) is 0 Å². The molecule has 3 rings (SSSR count). The predicted molar refractivity (Wildman–Crippen MR) is 72.2 cm³/mol. The van der Waals surface area contributed by atoms with Crippen molar-refractivity contribution in [3.63, 3.8) is 0 Å². The highest BCUT2D eigenvalue weighted by Gasteiger charge is 2.27. The van der Waals surface area contributed by atoms with Crippen molar-refractivity contribution >= 4 is 27.3 Å². The molecular weight excluding hydrogens is 283 g/mol. The second-order valence-corrected chi connectivity index (χ2v) is 5.70. The van der Waals surface area contributed by atoms with Crippen molar-refractivity contribution in [2.45, 2.75) is 31.7 Å². The fourth-order valence-electron chi connectivity index (χ4n) is 2.94. The van der Waals surface area contributed by atoms with Gasteiger partial charge in [0.15, 0.2) is 0 Å². The van der Waals surface area contributed by atoms with Gasteiger partial charge in [-0.05, 0) is 34.8 Å². The first-order valence-electron chi connectivity index (χ1n) is 6.25. The fourth-order valence-corrected chi connectivity index (χ4v) is 3.29. The van der Waals surface area contributed by atoms with Gasteiger partial charge in [-0.15, -0.1) is 0 Å². The van der Waals surface area contributed by atoms with E-state index in [9.17, 15) is 4.39 Å². The van der Waals surface area contributed by atoms with E-state index in [2.05, 4.69) is 26.1 Å². The molecule has 1 saturated carbocycles. The lowest BCUT2D eigenvalue weighted by atomic mass is 10.1. The molecule has 2 aliphatic rings. The molecule has 1 N–H and O–H groups in total. The van der Waals surface area contributed by atoms with Gasteiger partial charge in [-0.25, -0.2) is 4.39 Å². The van der Waals surface area contributed by atoms with Crippen molar-refractivity contribution in [2.75, 3.05) is 23.3 Å². The molecule has 1 heterocycles. The number of hydrogen-bond acceptors (Lipinski definition) is 2. The summed E-state index contributed by atoms with van der Waals surface area (Å²) in [5, 5.41) is 3.35. The number of fused-ring (bicyclic) bond motifs is 1. The summed E-state index contributed by atoms with van der Waals surface area (Å²) in [6.07, 6.45) is 5.11. The fraction of sp³-hybridized carbons (Fsp3) is 0.538. The molecule has 1 fully saturated rings. The van der Waals surface area contributed by atoms with E-state index in [0.717, 1.165) is 24.5 Å². The van der Waals surface area contributed by atoms with E-state index in [4.69, 9.17) is 0 Å². The van der Waals surface area contributed by atoms with E-state index in [1.54, 1.807) is 6.07 Å². The molecule has 0 atom stereocenters. The summed E-state index contributed by atoms with van der Waals surface area (Å²) in [7, 11) is 0. The Morgan fingerprint density at radius 2 is 2.06 bits per heavy atom. The van der Waals surface area contributed by atoms with Crippen LogP contribution < -0.4 is 10.2 Å². The van der Waals surface area contributed by atoms with Crippen LogP contribution in [0, 0.1) is 5.82 Å². The molecule has 2 nitrogen and oxygen atoms in total. The van der Waals surface area contributed by atoms with E-state index >= 15 is 0 Å². The number of benzene rings is 1. The minimum Gasteiger partial charge on any atom is -0.382 e. The van der Waals surface area contributed by atoms with Crippen molar-refractivity contribution in [3.05, 3.63) is 22.4 Å². The molecule has 4 heteroatoms. The number of nitrogens with zero attached hydrogens (tertiary/aromatic N) is 1. The Hall–Kier alpha value is -0.770. The van der Waals surface area contributed by atoms with Gasteiger partial charge in [0.1, 0.15) is 5.82 Å². The maximum Gasteiger partial charge on any atom is 0.139 e. The summed E-state index contributed by atoms with van der Waals surface area (Å²) in [5.41, 5.74) is 2.08. The zero-order valence-electron chi connectivity index (χ0n) is 9.68. The van der Waals surface area contributed by atoms with Crippen LogP contribution in [0.15, 0.2) is 16.6 Å². The van der Waals surface area contributed by atoms with E-state index in [1.807, 2.05) is 6.07 Å². The van der Waals surface area contributed by atoms with Gasteiger partial charge in [0.25, 0.3) is 0 Å². The van der Waals surface area contributed by atoms with Crippen LogP contribution in [0.2, 0.25) is 0 Å². The predicted octanol–water partition coefficient (Wildman–Crippen LogP) is 3.76. The standard InChI is InChI=1S/C13H16BrFN2/c14-10-7-12-13(8-11(10)15)17(6-5-16-12)9-3-1-2-4-9/h7-9,16H,1-6H2. The highest BCUT2D eigenvalue weighted by Crippen LogP contribution is 2.37. The molecule has 17 heavy (non-hydrogen) atoms. The Bertz CT molecular complexity index is 430. The topological polar surface area (TPSA) is 15.3 Å². The van der Waals surface area contributed by atoms with Crippen LogP contribution >= 0.6 is 15.9 Å². The molecule has 0 radical (unpaired) electrons. The number of rotatable bonds is 1. The van der Waals surface area contributed by atoms with Crippen molar-refractivity contribution in [1.82, 2.24) is 0 Å². The van der Waals surface area contributed by atoms with Gasteiger partial charge in [-0.1, -0.05) is 12.8 Å². The van der Waals surface area contributed by atoms with Crippen LogP contribution in [0.4, 0.5) is 15.8 Å². The van der Waals surface area contributed by atoms with Gasteiger partial charge in [0.2, 0.25) is 0 Å². The summed E-state index contributed by atoms with van der Waals surface area (Å²) in [6.45, 7) is 1.93. The van der Waals surface area contributed by atoms with Crippen LogP contribution in [0.25, 0.3) is 0 Å². The molecule has 0 spiro atoms. The van der Waals surface area contributed by atoms with Gasteiger partial charge in [-0.2, -0.15) is 0 Å². The van der Waals surface area contributed by atoms with Gasteiger partial charge in [0.05, 0.1) is 15.8 Å². The summed E-state index contributed by atoms with van der Waals surface area (Å²) in [4.78, 5) is 2.38. The minimum atomic E-state index is -0.171. The molecule has 92 valence electrons. The molecule has 1 aliphatic heterocycles. The zero-order chi connectivity index (χ0) is 11.8. The SMILES string of the molecule is Fc1cc2c(cc1Br)NCCN2C1CCCC1. The molecule has 0 amide bonds. The van der Waals surface area contributed by atoms with Crippen molar-refractivity contribution < 1.29 is 4.39 Å². The highest BCUT2D eigenvalue weighted by atomic mass is 79.9. The third-order valence-corrected chi connectivity index (χ3v) is 4.39. The summed E-state index contributed by atoms with van der Waals surface area (Å²) in [6, 6.07) is 4.12. The second-order valence-electron chi connectivity index (χ2n) is 4.84. The quantitative estimate of drug-likeness (QED) is 0.849. The molecule has 0 unspecified atom stereocenters. The summed E-state index contributed by atoms with van der Waals surface area (Å²) >= 11 is 3.24. The van der Waals surface area contributed by atoms with Crippen molar-refractivity contribution in [1.29, 1.82) is 0 Å². The Morgan fingerprint density at radius 3 is 2.82 bits per heavy atom. The normalized spacial score (nSPS) is 20.2. The molecule has 0 saturated heterocycles. The third-order valence-electron chi connectivity index (χ3n) is 3.78. The molecule has 1 aromatic carbocycles. The maximum atomic E-state index is 13.7. The van der Waals surface area contributed by atoms with Crippen LogP contribution in [-0.4, -0.2) is 19.1 Å². The van der Waals surface area contributed by atoms with Gasteiger partial charge < -0.3 is 10.2 Å². The van der Waals surface area contributed by atoms with E-state index in [1.165, 1.54) is 25.7 Å². The van der Waals surface area contributed by atoms with Crippen LogP contribution in [-0.2, 0) is 0 Å². The maximum absolute atomic E-state index is 13.7. The number of halogens is 2. The molecule has 1 aromatic rings. The Balaban J connectivity index is 1.97. The lowest BCUT2D eigenvalue weighted by Crippen LogP contribution is -2.40. The Morgan fingerprint density at radius 1 is 1.29 bits per heavy atom. The lowest BCUT2D eigenvalue weighted by Gasteiger charge is -2.36. The van der Waals surface area contributed by atoms with Gasteiger partial charge in [-0.3, -0.25) is 0 Å². The first-order valence-corrected chi connectivity index (χ1v) is 7.04. The third kappa shape index (κ3) is 2.03. The first kappa shape index (κ1) is 11.3. The zero-order valence-corrected chi connectivity index (χ0v) is 11.3. The average Bonchev–Trinajstić information content (AvgIpc) is 2.83. The first-order chi connectivity index (χ1) is 8.25. The average molecular weight is 299 g/mol. The Labute approximate surface area is 109 Å². The van der Waals surface area contributed by atoms with Crippen LogP contribution in [0.1, 0.15) is 25.7 Å². The second kappa shape index (κ2) is 4.48. The van der Waals surface area contributed by atoms with Gasteiger partial charge >= 0.3 is 0 Å². The molecule has 1 aliphatic carbocycles. The number of nitrogens with one attached hydrogen (secondary N) is 1. The van der Waals surface area contributed by atoms with Crippen molar-refractivity contribution in [3.8, 4) is 0 Å². The van der Waals surface area contributed by atoms with Crippen LogP contribution in [0.3, 0.4) is 0 Å². The molecule has 0 aromatic heterocycles. The van der Waals surface area contributed by atoms with E-state index in [-0.39, 0.29) is 5.82 Å².